The van der Waals surface area contributed by atoms with Crippen LogP contribution in [0, 0.1) is 3.57 Å². The summed E-state index contributed by atoms with van der Waals surface area (Å²) in [6, 6.07) is 25.6. The zero-order valence-electron chi connectivity index (χ0n) is 21.0. The van der Waals surface area contributed by atoms with Gasteiger partial charge in [0, 0.05) is 63.0 Å². The summed E-state index contributed by atoms with van der Waals surface area (Å²) >= 11 is 14.5. The van der Waals surface area contributed by atoms with Crippen LogP contribution in [0.25, 0.3) is 10.8 Å². The molecule has 5 rings (SSSR count). The summed E-state index contributed by atoms with van der Waals surface area (Å²) in [5, 5.41) is 9.40. The van der Waals surface area contributed by atoms with E-state index in [-0.39, 0.29) is 5.91 Å². The maximum absolute atomic E-state index is 13.6. The lowest BCUT2D eigenvalue weighted by Gasteiger charge is -2.22. The number of halogens is 2. The van der Waals surface area contributed by atoms with Crippen LogP contribution in [0.15, 0.2) is 83.9 Å². The number of hydrogen-bond acceptors (Lipinski definition) is 4. The highest BCUT2D eigenvalue weighted by Gasteiger charge is 2.31. The number of thiocarbonyl (C=S) groups is 1. The van der Waals surface area contributed by atoms with Crippen LogP contribution >= 0.6 is 46.4 Å². The summed E-state index contributed by atoms with van der Waals surface area (Å²) in [6.07, 6.45) is -0.955. The summed E-state index contributed by atoms with van der Waals surface area (Å²) in [6.45, 7) is 0. The van der Waals surface area contributed by atoms with E-state index in [1.165, 1.54) is 0 Å². The van der Waals surface area contributed by atoms with Crippen LogP contribution in [-0.2, 0) is 4.79 Å². The highest BCUT2D eigenvalue weighted by molar-refractivity contribution is 14.1. The van der Waals surface area contributed by atoms with Gasteiger partial charge in [0.25, 0.3) is 5.91 Å². The minimum absolute atomic E-state index is 0.230. The zero-order chi connectivity index (χ0) is 27.0. The molecule has 0 aromatic heterocycles. The van der Waals surface area contributed by atoms with Crippen molar-refractivity contribution in [2.75, 3.05) is 36.3 Å². The molecule has 0 aliphatic carbocycles. The first kappa shape index (κ1) is 26.4. The van der Waals surface area contributed by atoms with Gasteiger partial charge in [-0.05, 0) is 71.2 Å². The van der Waals surface area contributed by atoms with Crippen LogP contribution in [0.1, 0.15) is 11.1 Å². The third-order valence-electron chi connectivity index (χ3n) is 6.43. The number of nitrogens with one attached hydrogen (secondary N) is 2. The molecule has 1 heterocycles. The third-order valence-corrected chi connectivity index (χ3v) is 7.65. The predicted octanol–water partition coefficient (Wildman–Crippen LogP) is 6.29. The molecule has 0 saturated carbocycles. The smallest absolute Gasteiger partial charge is 0.272 e. The van der Waals surface area contributed by atoms with Crippen molar-refractivity contribution >= 4 is 91.0 Å². The minimum atomic E-state index is -0.955. The number of benzene rings is 4. The van der Waals surface area contributed by atoms with Crippen LogP contribution in [0.4, 0.5) is 17.1 Å². The molecule has 9 heteroatoms. The van der Waals surface area contributed by atoms with E-state index in [0.717, 1.165) is 42.5 Å². The van der Waals surface area contributed by atoms with Gasteiger partial charge in [0.15, 0.2) is 5.11 Å². The number of nitrogens with zero attached hydrogens (tertiary/aromatic N) is 3. The Hall–Kier alpha value is -3.21. The van der Waals surface area contributed by atoms with Gasteiger partial charge >= 0.3 is 0 Å². The van der Waals surface area contributed by atoms with Crippen LogP contribution in [0.3, 0.4) is 0 Å². The Kier molecular flexibility index (Phi) is 7.56. The van der Waals surface area contributed by atoms with E-state index in [9.17, 15) is 4.79 Å². The van der Waals surface area contributed by atoms with Gasteiger partial charge in [0.1, 0.15) is 0 Å². The van der Waals surface area contributed by atoms with Gasteiger partial charge in [0.2, 0.25) is 6.17 Å². The Morgan fingerprint density at radius 3 is 2.45 bits per heavy atom. The molecule has 38 heavy (non-hydrogen) atoms. The monoisotopic (exact) mass is 653 g/mol. The molecule has 1 unspecified atom stereocenters. The van der Waals surface area contributed by atoms with Crippen molar-refractivity contribution in [2.45, 2.75) is 6.17 Å². The Morgan fingerprint density at radius 1 is 1.00 bits per heavy atom. The lowest BCUT2D eigenvalue weighted by molar-refractivity contribution is -0.119. The molecule has 4 aromatic rings. The first-order valence-electron chi connectivity index (χ1n) is 11.9. The summed E-state index contributed by atoms with van der Waals surface area (Å²) in [5.74, 6) is -0.230. The number of carbonyl (C=O) groups excluding carboxylic acids is 1. The Balaban J connectivity index is 1.52. The summed E-state index contributed by atoms with van der Waals surface area (Å²) < 4.78 is 1.03. The largest absolute Gasteiger partial charge is 0.377 e. The standard InChI is InChI=1S/C29H25ClIN5OS/c1-35(2)24-15-13-23(18-8-4-5-9-19(18)24)32-29(38)34-27-28(37)36(3)25-14-12-17(31)16-21(25)26(33-27)20-10-6-7-11-22(20)30/h4-16,27H,1-3H3,(H2,32,34,38). The lowest BCUT2D eigenvalue weighted by atomic mass is 10.0. The molecule has 6 nitrogen and oxygen atoms in total. The second kappa shape index (κ2) is 10.9. The van der Waals surface area contributed by atoms with Crippen molar-refractivity contribution in [1.29, 1.82) is 0 Å². The average molecular weight is 654 g/mol. The molecule has 2 N–H and O–H groups in total. The molecule has 1 aliphatic heterocycles. The number of likely N-dealkylation sites (N-methyl/N-ethyl adjacent to an activating group) is 1. The van der Waals surface area contributed by atoms with Gasteiger partial charge in [0.05, 0.1) is 11.4 Å². The van der Waals surface area contributed by atoms with Crippen molar-refractivity contribution < 1.29 is 4.79 Å². The fraction of sp³-hybridized carbons (Fsp3) is 0.138. The van der Waals surface area contributed by atoms with Crippen LogP contribution in [0.5, 0.6) is 0 Å². The van der Waals surface area contributed by atoms with Gasteiger partial charge in [-0.3, -0.25) is 4.79 Å². The van der Waals surface area contributed by atoms with E-state index < -0.39 is 6.17 Å². The van der Waals surface area contributed by atoms with Gasteiger partial charge in [-0.15, -0.1) is 0 Å². The Bertz CT molecular complexity index is 1610. The fourth-order valence-electron chi connectivity index (χ4n) is 4.57. The zero-order valence-corrected chi connectivity index (χ0v) is 24.7. The van der Waals surface area contributed by atoms with E-state index in [4.69, 9.17) is 28.8 Å². The van der Waals surface area contributed by atoms with Crippen LogP contribution in [0.2, 0.25) is 5.02 Å². The Morgan fingerprint density at radius 2 is 1.71 bits per heavy atom. The van der Waals surface area contributed by atoms with Gasteiger partial charge in [-0.1, -0.05) is 54.1 Å². The summed E-state index contributed by atoms with van der Waals surface area (Å²) in [4.78, 5) is 22.2. The van der Waals surface area contributed by atoms with Crippen molar-refractivity contribution in [2.24, 2.45) is 4.99 Å². The number of benzodiazepines with no additional fused rings is 1. The van der Waals surface area contributed by atoms with Gasteiger partial charge < -0.3 is 20.4 Å². The lowest BCUT2D eigenvalue weighted by Crippen LogP contribution is -2.47. The molecule has 192 valence electrons. The van der Waals surface area contributed by atoms with Crippen molar-refractivity contribution in [3.05, 3.63) is 98.6 Å². The fourth-order valence-corrected chi connectivity index (χ4v) is 5.51. The average Bonchev–Trinajstić information content (AvgIpc) is 2.99. The number of amides is 1. The molecule has 0 radical (unpaired) electrons. The molecule has 0 saturated heterocycles. The molecule has 0 bridgehead atoms. The SMILES string of the molecule is CN(C)c1ccc(NC(=S)NC2N=C(c3ccccc3Cl)c3cc(I)ccc3N(C)C2=O)c2ccccc12. The predicted molar refractivity (Wildman–Crippen MR) is 171 cm³/mol. The first-order valence-corrected chi connectivity index (χ1v) is 13.8. The maximum Gasteiger partial charge on any atom is 0.272 e. The molecule has 4 aromatic carbocycles. The van der Waals surface area contributed by atoms with Gasteiger partial charge in [-0.2, -0.15) is 0 Å². The molecule has 1 atom stereocenters. The number of rotatable bonds is 4. The van der Waals surface area contributed by atoms with E-state index in [0.29, 0.717) is 15.8 Å². The Labute approximate surface area is 245 Å². The maximum atomic E-state index is 13.6. The molecular formula is C29H25ClIN5OS. The van der Waals surface area contributed by atoms with E-state index in [1.54, 1.807) is 11.9 Å². The molecular weight excluding hydrogens is 629 g/mol. The number of fused-ring (bicyclic) bond motifs is 2. The van der Waals surface area contributed by atoms with Crippen molar-refractivity contribution in [3.63, 3.8) is 0 Å². The molecule has 1 amide bonds. The molecule has 0 spiro atoms. The number of aliphatic imine (C=N–C) groups is 1. The highest BCUT2D eigenvalue weighted by atomic mass is 127. The summed E-state index contributed by atoms with van der Waals surface area (Å²) in [7, 11) is 5.78. The number of anilines is 3. The summed E-state index contributed by atoms with van der Waals surface area (Å²) in [5.41, 5.74) is 4.90. The van der Waals surface area contributed by atoms with Crippen LogP contribution < -0.4 is 20.4 Å². The molecule has 1 aliphatic rings. The van der Waals surface area contributed by atoms with Crippen LogP contribution in [-0.4, -0.2) is 44.0 Å². The topological polar surface area (TPSA) is 60.0 Å². The van der Waals surface area contributed by atoms with Gasteiger partial charge in [-0.25, -0.2) is 4.99 Å². The van der Waals surface area contributed by atoms with E-state index >= 15 is 0 Å². The second-order valence-corrected chi connectivity index (χ2v) is 11.2. The normalized spacial score (nSPS) is 15.0. The third kappa shape index (κ3) is 5.08. The number of hydrogen-bond donors (Lipinski definition) is 2. The highest BCUT2D eigenvalue weighted by Crippen LogP contribution is 2.33. The van der Waals surface area contributed by atoms with E-state index in [2.05, 4.69) is 44.2 Å². The first-order chi connectivity index (χ1) is 18.2. The van der Waals surface area contributed by atoms with E-state index in [1.807, 2.05) is 86.9 Å². The van der Waals surface area contributed by atoms with Crippen molar-refractivity contribution in [1.82, 2.24) is 5.32 Å². The molecule has 0 fully saturated rings. The number of carbonyl (C=O) groups is 1. The quantitative estimate of drug-likeness (QED) is 0.200. The van der Waals surface area contributed by atoms with Crippen molar-refractivity contribution in [3.8, 4) is 0 Å². The minimum Gasteiger partial charge on any atom is -0.377 e. The second-order valence-electron chi connectivity index (χ2n) is 9.09.